The number of carboxylic acid groups (broad SMARTS) is 2. The molecule has 3 saturated carbocycles. The molecule has 1 aromatic heterocycles. The predicted octanol–water partition coefficient (Wildman–Crippen LogP) is 12.2. The number of aliphatic carboxylic acids is 1. The Balaban J connectivity index is 0.000000127. The highest BCUT2D eigenvalue weighted by Crippen LogP contribution is 2.65. The summed E-state index contributed by atoms with van der Waals surface area (Å²) in [6, 6.07) is 44.0. The van der Waals surface area contributed by atoms with Crippen molar-refractivity contribution in [2.75, 3.05) is 73.5 Å². The molecule has 7 aliphatic rings. The van der Waals surface area contributed by atoms with E-state index in [2.05, 4.69) is 108 Å². The van der Waals surface area contributed by atoms with E-state index in [1.54, 1.807) is 33.3 Å². The number of aromatic hydroxyl groups is 1. The number of piperidine rings is 1. The molecule has 17 heteroatoms. The van der Waals surface area contributed by atoms with Gasteiger partial charge >= 0.3 is 11.9 Å². The van der Waals surface area contributed by atoms with Crippen molar-refractivity contribution in [3.05, 3.63) is 174 Å². The number of pyridine rings is 1. The summed E-state index contributed by atoms with van der Waals surface area (Å²) in [5.74, 6) is 1.07. The first-order valence-corrected chi connectivity index (χ1v) is 32.3. The molecule has 14 rings (SSSR count). The van der Waals surface area contributed by atoms with Gasteiger partial charge in [-0.25, -0.2) is 4.79 Å². The van der Waals surface area contributed by atoms with Gasteiger partial charge in [0, 0.05) is 71.8 Å². The number of benzene rings is 6. The van der Waals surface area contributed by atoms with Crippen molar-refractivity contribution in [3.8, 4) is 23.0 Å². The third-order valence-corrected chi connectivity index (χ3v) is 20.6. The lowest BCUT2D eigenvalue weighted by Gasteiger charge is -2.62. The van der Waals surface area contributed by atoms with Crippen LogP contribution in [0.5, 0.6) is 23.0 Å². The second-order valence-corrected chi connectivity index (χ2v) is 26.7. The number of hydrogen-bond donors (Lipinski definition) is 5. The average molecular weight is 1240 g/mol. The van der Waals surface area contributed by atoms with Crippen LogP contribution in [0.1, 0.15) is 110 Å². The Kier molecular flexibility index (Phi) is 20.3. The minimum Gasteiger partial charge on any atom is -0.504 e. The fourth-order valence-electron chi connectivity index (χ4n) is 14.1. The van der Waals surface area contributed by atoms with E-state index in [1.807, 2.05) is 78.5 Å². The number of Topliss-reactive ketones (excluding diaryl/α,β-unsaturated/α-hetero) is 1. The highest BCUT2D eigenvalue weighted by molar-refractivity contribution is 7.99. The SMILES string of the molecule is CC(CN1c2ccccc2Sc2ccccc21)N(C)C.COc1ccc2cc([C@H](C)C(=O)O)ccc2c1.COc1cccc([C@@]2(O)CCCC[C@@H]2CN(C)C)c1.O=C(O)c1cccnc1.O=C1CC[C@@]2(O)[C@H]3Cc4ccc(O)c5c4[C@@]2(CCN3CC2CC2)[C@H]1O5. The van der Waals surface area contributed by atoms with E-state index in [0.717, 1.165) is 109 Å². The van der Waals surface area contributed by atoms with Crippen LogP contribution in [0.2, 0.25) is 0 Å². The van der Waals surface area contributed by atoms with E-state index in [9.17, 15) is 29.7 Å². The highest BCUT2D eigenvalue weighted by Gasteiger charge is 2.73. The van der Waals surface area contributed by atoms with E-state index in [1.165, 1.54) is 58.9 Å². The number of ether oxygens (including phenoxy) is 3. The lowest BCUT2D eigenvalue weighted by atomic mass is 9.49. The first-order chi connectivity index (χ1) is 43.2. The van der Waals surface area contributed by atoms with E-state index < -0.39 is 40.6 Å². The standard InChI is InChI=1S/C20H23NO4.C17H20N2S.C16H25NO2.C14H14O3.C6H5NO2/c22-13-4-3-12-9-15-20(24)6-5-14(23)18-19(20,16(12)17(13)25-18)7-8-21(15)10-11-1-2-11;1-13(18(2)3)12-19-14-8-4-6-10-16(14)20-17-11-7-5-9-15(17)19;1-17(2)12-14-7-4-5-10-16(14,18)13-8-6-9-15(11-13)19-3;1-9(14(15)16)10-3-4-12-8-13(17-2)6-5-11(12)7-10;8-6(9)5-2-1-3-7-4-5/h3-4,11,15,18,22,24H,1-2,5-10H2;4-11,13H,12H2,1-3H3;6,8-9,11,14,18H,4-5,7,10,12H2,1-3H3;3-9H,1-2H3,(H,15,16);1-4H,(H,8,9)/t15-,18+,19+,20-;;14-,16+;9-;/m1.10./s1. The minimum atomic E-state index is -0.942. The van der Waals surface area contributed by atoms with Crippen molar-refractivity contribution in [1.82, 2.24) is 19.7 Å². The number of carbonyl (C=O) groups is 3. The van der Waals surface area contributed by atoms with Crippen LogP contribution in [0.25, 0.3) is 10.8 Å². The maximum atomic E-state index is 12.7. The molecule has 1 saturated heterocycles. The number of nitrogens with zero attached hydrogens (tertiary/aromatic N) is 5. The Hall–Kier alpha value is -7.51. The van der Waals surface area contributed by atoms with Gasteiger partial charge in [-0.2, -0.15) is 0 Å². The van der Waals surface area contributed by atoms with Crippen molar-refractivity contribution in [2.45, 2.75) is 129 Å². The number of rotatable bonds is 13. The zero-order chi connectivity index (χ0) is 64.1. The van der Waals surface area contributed by atoms with Crippen LogP contribution in [0.3, 0.4) is 0 Å². The zero-order valence-corrected chi connectivity index (χ0v) is 53.9. The largest absolute Gasteiger partial charge is 0.504 e. The van der Waals surface area contributed by atoms with Crippen LogP contribution < -0.4 is 19.1 Å². The van der Waals surface area contributed by atoms with Crippen molar-refractivity contribution in [1.29, 1.82) is 0 Å². The lowest BCUT2D eigenvalue weighted by Crippen LogP contribution is -2.76. The zero-order valence-electron chi connectivity index (χ0n) is 53.0. The van der Waals surface area contributed by atoms with E-state index >= 15 is 0 Å². The number of aromatic carboxylic acids is 1. The normalized spacial score (nSPS) is 23.8. The highest BCUT2D eigenvalue weighted by atomic mass is 32.2. The number of hydrogen-bond acceptors (Lipinski definition) is 15. The molecule has 8 atom stereocenters. The van der Waals surface area contributed by atoms with Crippen LogP contribution in [0, 0.1) is 11.8 Å². The molecule has 90 heavy (non-hydrogen) atoms. The van der Waals surface area contributed by atoms with Crippen molar-refractivity contribution in [3.63, 3.8) is 0 Å². The van der Waals surface area contributed by atoms with Gasteiger partial charge in [-0.3, -0.25) is 19.5 Å². The predicted molar refractivity (Wildman–Crippen MR) is 352 cm³/mol. The van der Waals surface area contributed by atoms with Gasteiger partial charge in [0.05, 0.1) is 53.7 Å². The van der Waals surface area contributed by atoms with Gasteiger partial charge in [-0.1, -0.05) is 91.3 Å². The van der Waals surface area contributed by atoms with Gasteiger partial charge in [0.1, 0.15) is 11.5 Å². The molecule has 4 aliphatic carbocycles. The maximum Gasteiger partial charge on any atom is 0.337 e. The third kappa shape index (κ3) is 13.6. The number of likely N-dealkylation sites (tertiary alicyclic amines) is 1. The number of ketones is 1. The Labute approximate surface area is 533 Å². The third-order valence-electron chi connectivity index (χ3n) is 19.5. The number of carboxylic acids is 2. The molecule has 16 nitrogen and oxygen atoms in total. The van der Waals surface area contributed by atoms with Gasteiger partial charge in [0.15, 0.2) is 23.4 Å². The number of methoxy groups -OCH3 is 2. The number of fused-ring (bicyclic) bond motifs is 3. The molecule has 7 aromatic rings. The number of likely N-dealkylation sites (N-methyl/N-ethyl adjacent to an activating group) is 1. The van der Waals surface area contributed by atoms with Gasteiger partial charge in [-0.15, -0.1) is 0 Å². The van der Waals surface area contributed by atoms with Crippen LogP contribution in [-0.2, 0) is 27.0 Å². The fourth-order valence-corrected chi connectivity index (χ4v) is 15.2. The summed E-state index contributed by atoms with van der Waals surface area (Å²) in [5, 5.41) is 52.9. The summed E-state index contributed by atoms with van der Waals surface area (Å²) in [7, 11) is 11.7. The molecule has 0 amide bonds. The molecule has 4 fully saturated rings. The van der Waals surface area contributed by atoms with Gasteiger partial charge in [0.2, 0.25) is 0 Å². The monoisotopic (exact) mass is 1240 g/mol. The fraction of sp³-hybridized carbons (Fsp3) is 0.425. The summed E-state index contributed by atoms with van der Waals surface area (Å²) in [5.41, 5.74) is 4.42. The van der Waals surface area contributed by atoms with E-state index in [-0.39, 0.29) is 23.1 Å². The van der Waals surface area contributed by atoms with Crippen LogP contribution in [-0.4, -0.2) is 155 Å². The molecule has 5 N–H and O–H groups in total. The molecule has 4 heterocycles. The van der Waals surface area contributed by atoms with Gasteiger partial charge < -0.3 is 54.4 Å². The summed E-state index contributed by atoms with van der Waals surface area (Å²) in [4.78, 5) is 49.5. The first-order valence-electron chi connectivity index (χ1n) is 31.5. The van der Waals surface area contributed by atoms with Crippen LogP contribution in [0.15, 0.2) is 156 Å². The van der Waals surface area contributed by atoms with Crippen LogP contribution >= 0.6 is 11.8 Å². The van der Waals surface area contributed by atoms with Crippen molar-refractivity contribution in [2.24, 2.45) is 11.8 Å². The quantitative estimate of drug-likeness (QED) is 0.0728. The number of anilines is 2. The second kappa shape index (κ2) is 27.9. The van der Waals surface area contributed by atoms with E-state index in [4.69, 9.17) is 24.4 Å². The van der Waals surface area contributed by atoms with Gasteiger partial charge in [-0.05, 0) is 194 Å². The first kappa shape index (κ1) is 65.4. The molecule has 3 aliphatic heterocycles. The number of carbonyl (C=O) groups excluding carboxylic acids is 1. The number of aromatic nitrogens is 1. The Morgan fingerprint density at radius 1 is 0.778 bits per heavy atom. The minimum absolute atomic E-state index is 0.0454. The molecule has 2 bridgehead atoms. The van der Waals surface area contributed by atoms with Crippen LogP contribution in [0.4, 0.5) is 11.4 Å². The van der Waals surface area contributed by atoms with E-state index in [0.29, 0.717) is 30.6 Å². The molecular formula is C73H87N5O11S. The lowest BCUT2D eigenvalue weighted by molar-refractivity contribution is -0.188. The molecular weight excluding hydrogens is 1150 g/mol. The summed E-state index contributed by atoms with van der Waals surface area (Å²) in [6.07, 6.45) is 11.4. The number of phenolic OH excluding ortho intramolecular Hbond substituents is 1. The summed E-state index contributed by atoms with van der Waals surface area (Å²) < 4.78 is 16.5. The summed E-state index contributed by atoms with van der Waals surface area (Å²) in [6.45, 7) is 7.84. The Morgan fingerprint density at radius 3 is 2.10 bits per heavy atom. The number of aliphatic hydroxyl groups is 2. The molecule has 1 spiro atoms. The second-order valence-electron chi connectivity index (χ2n) is 25.6. The van der Waals surface area contributed by atoms with Crippen molar-refractivity contribution >= 4 is 51.6 Å². The summed E-state index contributed by atoms with van der Waals surface area (Å²) >= 11 is 1.87. The number of para-hydroxylation sites is 2. The molecule has 476 valence electrons. The smallest absolute Gasteiger partial charge is 0.337 e. The Morgan fingerprint density at radius 2 is 1.47 bits per heavy atom. The molecule has 1 unspecified atom stereocenters. The Bertz CT molecular complexity index is 3630. The number of phenols is 1. The average Bonchev–Trinajstić information content (AvgIpc) is 1.42. The van der Waals surface area contributed by atoms with Gasteiger partial charge in [0.25, 0.3) is 0 Å². The molecule has 6 aromatic carbocycles. The topological polar surface area (TPSA) is 206 Å². The maximum absolute atomic E-state index is 12.7. The van der Waals surface area contributed by atoms with Crippen molar-refractivity contribution < 1.29 is 54.1 Å². The molecule has 0 radical (unpaired) electrons.